The Morgan fingerprint density at radius 2 is 2.00 bits per heavy atom. The largest absolute Gasteiger partial charge is 0.465 e. The van der Waals surface area contributed by atoms with Crippen LogP contribution in [0.2, 0.25) is 0 Å². The zero-order valence-corrected chi connectivity index (χ0v) is 14.4. The van der Waals surface area contributed by atoms with E-state index in [1.165, 1.54) is 25.9 Å². The number of nitrogens with zero attached hydrogens (tertiary/aromatic N) is 2. The number of carbonyl (C=O) groups excluding carboxylic acids is 1. The molecule has 1 N–H and O–H groups in total. The minimum absolute atomic E-state index is 0.151. The molecule has 0 amide bonds. The molecule has 0 radical (unpaired) electrons. The molecule has 0 aromatic carbocycles. The van der Waals surface area contributed by atoms with Crippen LogP contribution in [0.4, 0.5) is 0 Å². The Morgan fingerprint density at radius 1 is 1.38 bits per heavy atom. The molecule has 0 spiro atoms. The van der Waals surface area contributed by atoms with Gasteiger partial charge in [-0.05, 0) is 66.3 Å². The van der Waals surface area contributed by atoms with Crippen LogP contribution in [0, 0.1) is 5.92 Å². The van der Waals surface area contributed by atoms with Gasteiger partial charge in [0.1, 0.15) is 5.54 Å². The minimum atomic E-state index is -0.620. The van der Waals surface area contributed by atoms with Crippen molar-refractivity contribution in [1.29, 1.82) is 0 Å². The van der Waals surface area contributed by atoms with Crippen molar-refractivity contribution in [3.63, 3.8) is 0 Å². The Balaban J connectivity index is 2.51. The first-order valence-corrected chi connectivity index (χ1v) is 8.20. The molecule has 0 saturated carbocycles. The van der Waals surface area contributed by atoms with Gasteiger partial charge in [-0.2, -0.15) is 0 Å². The fraction of sp³-hybridized carbons (Fsp3) is 0.938. The average Bonchev–Trinajstić information content (AvgIpc) is 2.41. The molecule has 5 heteroatoms. The molecule has 124 valence electrons. The molecule has 21 heavy (non-hydrogen) atoms. The third kappa shape index (κ3) is 5.93. The molecule has 1 rings (SSSR count). The van der Waals surface area contributed by atoms with Crippen LogP contribution in [0.25, 0.3) is 0 Å². The Bertz CT molecular complexity index is 317. The van der Waals surface area contributed by atoms with E-state index < -0.39 is 5.54 Å². The van der Waals surface area contributed by atoms with Crippen molar-refractivity contribution >= 4 is 5.97 Å². The van der Waals surface area contributed by atoms with E-state index in [4.69, 9.17) is 4.74 Å². The predicted molar refractivity (Wildman–Crippen MR) is 86.4 cm³/mol. The van der Waals surface area contributed by atoms with Crippen molar-refractivity contribution in [2.45, 2.75) is 39.2 Å². The summed E-state index contributed by atoms with van der Waals surface area (Å²) in [6.45, 7) is 11.1. The van der Waals surface area contributed by atoms with Gasteiger partial charge in [0.25, 0.3) is 0 Å². The molecular formula is C16H33N3O2. The molecule has 1 unspecified atom stereocenters. The fourth-order valence-corrected chi connectivity index (χ4v) is 3.16. The molecule has 1 fully saturated rings. The van der Waals surface area contributed by atoms with E-state index in [0.29, 0.717) is 13.2 Å². The lowest BCUT2D eigenvalue weighted by Gasteiger charge is -2.36. The molecule has 1 aliphatic rings. The van der Waals surface area contributed by atoms with Gasteiger partial charge >= 0.3 is 5.97 Å². The number of esters is 1. The van der Waals surface area contributed by atoms with Gasteiger partial charge in [-0.3, -0.25) is 4.79 Å². The van der Waals surface area contributed by atoms with Crippen molar-refractivity contribution < 1.29 is 9.53 Å². The highest BCUT2D eigenvalue weighted by atomic mass is 16.5. The second-order valence-electron chi connectivity index (χ2n) is 6.53. The summed E-state index contributed by atoms with van der Waals surface area (Å²) in [5, 5.41) is 3.29. The van der Waals surface area contributed by atoms with Gasteiger partial charge in [0, 0.05) is 13.1 Å². The highest BCUT2D eigenvalue weighted by Crippen LogP contribution is 2.18. The van der Waals surface area contributed by atoms with Crippen molar-refractivity contribution in [3.05, 3.63) is 0 Å². The average molecular weight is 299 g/mol. The van der Waals surface area contributed by atoms with E-state index in [9.17, 15) is 4.79 Å². The van der Waals surface area contributed by atoms with Crippen molar-refractivity contribution in [2.24, 2.45) is 5.92 Å². The Hall–Kier alpha value is -0.650. The van der Waals surface area contributed by atoms with Crippen LogP contribution < -0.4 is 5.32 Å². The molecule has 0 bridgehead atoms. The molecule has 1 atom stereocenters. The maximum atomic E-state index is 12.2. The van der Waals surface area contributed by atoms with Crippen LogP contribution in [0.15, 0.2) is 0 Å². The number of rotatable bonds is 8. The van der Waals surface area contributed by atoms with Gasteiger partial charge in [-0.25, -0.2) is 0 Å². The summed E-state index contributed by atoms with van der Waals surface area (Å²) >= 11 is 0. The third-order valence-electron chi connectivity index (χ3n) is 4.29. The number of ether oxygens (including phenoxy) is 1. The Morgan fingerprint density at radius 3 is 2.52 bits per heavy atom. The second-order valence-corrected chi connectivity index (χ2v) is 6.53. The normalized spacial score (nSPS) is 20.5. The highest BCUT2D eigenvalue weighted by molar-refractivity contribution is 5.80. The number of carbonyl (C=O) groups is 1. The lowest BCUT2D eigenvalue weighted by Crippen LogP contribution is -2.57. The van der Waals surface area contributed by atoms with E-state index in [0.717, 1.165) is 19.0 Å². The number of likely N-dealkylation sites (N-methyl/N-ethyl adjacent to an activating group) is 2. The van der Waals surface area contributed by atoms with Crippen LogP contribution >= 0.6 is 0 Å². The molecule has 5 nitrogen and oxygen atoms in total. The topological polar surface area (TPSA) is 44.8 Å². The van der Waals surface area contributed by atoms with Gasteiger partial charge in [0.05, 0.1) is 6.61 Å². The van der Waals surface area contributed by atoms with E-state index in [1.54, 1.807) is 0 Å². The maximum Gasteiger partial charge on any atom is 0.327 e. The summed E-state index contributed by atoms with van der Waals surface area (Å²) in [5.74, 6) is 0.585. The highest BCUT2D eigenvalue weighted by Gasteiger charge is 2.35. The zero-order chi connectivity index (χ0) is 15.9. The quantitative estimate of drug-likeness (QED) is 0.682. The van der Waals surface area contributed by atoms with Crippen LogP contribution in [-0.4, -0.2) is 74.7 Å². The van der Waals surface area contributed by atoms with Gasteiger partial charge in [-0.15, -0.1) is 0 Å². The van der Waals surface area contributed by atoms with Gasteiger partial charge in [-0.1, -0.05) is 6.92 Å². The van der Waals surface area contributed by atoms with Crippen molar-refractivity contribution in [3.8, 4) is 0 Å². The Kier molecular flexibility index (Phi) is 7.63. The van der Waals surface area contributed by atoms with E-state index >= 15 is 0 Å². The second kappa shape index (κ2) is 8.71. The first kappa shape index (κ1) is 18.4. The van der Waals surface area contributed by atoms with Crippen LogP contribution in [0.1, 0.15) is 33.6 Å². The number of hydrogen-bond acceptors (Lipinski definition) is 5. The van der Waals surface area contributed by atoms with Gasteiger partial charge < -0.3 is 19.9 Å². The summed E-state index contributed by atoms with van der Waals surface area (Å²) < 4.78 is 5.23. The third-order valence-corrected chi connectivity index (χ3v) is 4.29. The molecule has 1 aliphatic heterocycles. The maximum absolute atomic E-state index is 12.2. The number of piperidine rings is 1. The van der Waals surface area contributed by atoms with Crippen LogP contribution in [-0.2, 0) is 9.53 Å². The Labute approximate surface area is 130 Å². The standard InChI is InChI=1S/C16H33N3O2/c1-6-17-16(3,15(20)21-7-2)13-19(5)12-14-8-10-18(4)11-9-14/h14,17H,6-13H2,1-5H3. The summed E-state index contributed by atoms with van der Waals surface area (Å²) in [5.41, 5.74) is -0.620. The molecule has 0 aromatic rings. The zero-order valence-electron chi connectivity index (χ0n) is 14.4. The monoisotopic (exact) mass is 299 g/mol. The summed E-state index contributed by atoms with van der Waals surface area (Å²) in [6, 6.07) is 0. The van der Waals surface area contributed by atoms with Crippen molar-refractivity contribution in [2.75, 3.05) is 53.4 Å². The van der Waals surface area contributed by atoms with Crippen LogP contribution in [0.5, 0.6) is 0 Å². The number of hydrogen-bond donors (Lipinski definition) is 1. The first-order valence-electron chi connectivity index (χ1n) is 8.20. The summed E-state index contributed by atoms with van der Waals surface area (Å²) in [6.07, 6.45) is 2.50. The minimum Gasteiger partial charge on any atom is -0.465 e. The molecule has 1 saturated heterocycles. The SMILES string of the molecule is CCNC(C)(CN(C)CC1CCN(C)CC1)C(=O)OCC. The van der Waals surface area contributed by atoms with Crippen molar-refractivity contribution in [1.82, 2.24) is 15.1 Å². The lowest BCUT2D eigenvalue weighted by molar-refractivity contribution is -0.151. The molecule has 0 aromatic heterocycles. The van der Waals surface area contributed by atoms with Gasteiger partial charge in [0.15, 0.2) is 0 Å². The van der Waals surface area contributed by atoms with E-state index in [-0.39, 0.29) is 5.97 Å². The van der Waals surface area contributed by atoms with E-state index in [2.05, 4.69) is 29.2 Å². The van der Waals surface area contributed by atoms with Gasteiger partial charge in [0.2, 0.25) is 0 Å². The number of likely N-dealkylation sites (tertiary alicyclic amines) is 1. The van der Waals surface area contributed by atoms with E-state index in [1.807, 2.05) is 20.8 Å². The summed E-state index contributed by atoms with van der Waals surface area (Å²) in [7, 11) is 4.29. The lowest BCUT2D eigenvalue weighted by atomic mass is 9.95. The molecular weight excluding hydrogens is 266 g/mol. The molecule has 1 heterocycles. The predicted octanol–water partition coefficient (Wildman–Crippen LogP) is 1.19. The fourth-order valence-electron chi connectivity index (χ4n) is 3.16. The first-order chi connectivity index (χ1) is 9.91. The van der Waals surface area contributed by atoms with Crippen LogP contribution in [0.3, 0.4) is 0 Å². The number of nitrogens with one attached hydrogen (secondary N) is 1. The smallest absolute Gasteiger partial charge is 0.327 e. The molecule has 0 aliphatic carbocycles. The summed E-state index contributed by atoms with van der Waals surface area (Å²) in [4.78, 5) is 16.9.